The minimum absolute atomic E-state index is 0.0194. The number of carbonyl (C=O) groups is 2. The number of carbonyl (C=O) groups excluding carboxylic acids is 2. The van der Waals surface area contributed by atoms with Gasteiger partial charge in [-0.25, -0.2) is 0 Å². The fraction of sp³-hybridized carbons (Fsp3) is 0.312. The number of fused-ring (bicyclic) bond motifs is 1. The van der Waals surface area contributed by atoms with Gasteiger partial charge < -0.3 is 10.2 Å². The van der Waals surface area contributed by atoms with Crippen molar-refractivity contribution in [2.75, 3.05) is 19.6 Å². The van der Waals surface area contributed by atoms with Crippen molar-refractivity contribution >= 4 is 22.7 Å². The summed E-state index contributed by atoms with van der Waals surface area (Å²) in [4.78, 5) is 29.4. The molecule has 2 aromatic rings. The van der Waals surface area contributed by atoms with Gasteiger partial charge in [0.15, 0.2) is 0 Å². The molecule has 1 aromatic heterocycles. The third-order valence-electron chi connectivity index (χ3n) is 3.77. The average Bonchev–Trinajstić information content (AvgIpc) is 2.67. The molecule has 1 aromatic carbocycles. The molecule has 0 radical (unpaired) electrons. The second-order valence-corrected chi connectivity index (χ2v) is 5.15. The molecule has 0 saturated carbocycles. The van der Waals surface area contributed by atoms with E-state index in [2.05, 4.69) is 10.3 Å². The van der Waals surface area contributed by atoms with Crippen LogP contribution < -0.4 is 5.32 Å². The predicted molar refractivity (Wildman–Crippen MR) is 79.7 cm³/mol. The number of hydrogen-bond donors (Lipinski definition) is 1. The van der Waals surface area contributed by atoms with Gasteiger partial charge in [-0.15, -0.1) is 0 Å². The van der Waals surface area contributed by atoms with E-state index in [1.165, 1.54) is 0 Å². The molecule has 1 aliphatic heterocycles. The van der Waals surface area contributed by atoms with E-state index in [-0.39, 0.29) is 18.4 Å². The number of nitrogens with zero attached hydrogens (tertiary/aromatic N) is 2. The summed E-state index contributed by atoms with van der Waals surface area (Å²) in [6.07, 6.45) is 2.90. The first-order valence-corrected chi connectivity index (χ1v) is 7.11. The van der Waals surface area contributed by atoms with Gasteiger partial charge in [-0.05, 0) is 18.1 Å². The van der Waals surface area contributed by atoms with Gasteiger partial charge in [0.2, 0.25) is 11.8 Å². The first-order valence-electron chi connectivity index (χ1n) is 7.11. The topological polar surface area (TPSA) is 62.3 Å². The number of pyridine rings is 1. The summed E-state index contributed by atoms with van der Waals surface area (Å²) in [7, 11) is 0. The third-order valence-corrected chi connectivity index (χ3v) is 3.77. The molecule has 21 heavy (non-hydrogen) atoms. The first kappa shape index (κ1) is 13.5. The van der Waals surface area contributed by atoms with E-state index < -0.39 is 0 Å². The average molecular weight is 283 g/mol. The Hall–Kier alpha value is -2.43. The molecular weight excluding hydrogens is 266 g/mol. The molecule has 2 amide bonds. The standard InChI is InChI=1S/C16H17N3O2/c20-14-7-10-19(15(21)11-18-14)9-6-13-4-1-3-12-5-2-8-17-16(12)13/h1-5,8H,6-7,9-11H2,(H,18,20). The Labute approximate surface area is 123 Å². The van der Waals surface area contributed by atoms with Crippen LogP contribution in [-0.4, -0.2) is 41.3 Å². The zero-order chi connectivity index (χ0) is 14.7. The maximum absolute atomic E-state index is 11.9. The van der Waals surface area contributed by atoms with Crippen molar-refractivity contribution in [3.63, 3.8) is 0 Å². The number of aromatic nitrogens is 1. The van der Waals surface area contributed by atoms with Gasteiger partial charge >= 0.3 is 0 Å². The van der Waals surface area contributed by atoms with Crippen molar-refractivity contribution in [2.45, 2.75) is 12.8 Å². The number of amides is 2. The van der Waals surface area contributed by atoms with E-state index >= 15 is 0 Å². The van der Waals surface area contributed by atoms with Crippen LogP contribution >= 0.6 is 0 Å². The monoisotopic (exact) mass is 283 g/mol. The molecule has 0 atom stereocenters. The molecule has 1 saturated heterocycles. The van der Waals surface area contributed by atoms with Crippen LogP contribution in [0.2, 0.25) is 0 Å². The van der Waals surface area contributed by atoms with E-state index in [9.17, 15) is 9.59 Å². The highest BCUT2D eigenvalue weighted by Crippen LogP contribution is 2.16. The number of benzene rings is 1. The van der Waals surface area contributed by atoms with Crippen LogP contribution in [-0.2, 0) is 16.0 Å². The van der Waals surface area contributed by atoms with E-state index in [1.807, 2.05) is 30.3 Å². The van der Waals surface area contributed by atoms with Crippen LogP contribution in [0.1, 0.15) is 12.0 Å². The summed E-state index contributed by atoms with van der Waals surface area (Å²) in [6.45, 7) is 1.21. The largest absolute Gasteiger partial charge is 0.347 e. The van der Waals surface area contributed by atoms with Crippen molar-refractivity contribution in [1.82, 2.24) is 15.2 Å². The van der Waals surface area contributed by atoms with Crippen molar-refractivity contribution < 1.29 is 9.59 Å². The van der Waals surface area contributed by atoms with Gasteiger partial charge in [0.1, 0.15) is 0 Å². The van der Waals surface area contributed by atoms with Gasteiger partial charge in [-0.3, -0.25) is 14.6 Å². The highest BCUT2D eigenvalue weighted by atomic mass is 16.2. The molecule has 5 nitrogen and oxygen atoms in total. The quantitative estimate of drug-likeness (QED) is 0.918. The van der Waals surface area contributed by atoms with Gasteiger partial charge in [0, 0.05) is 31.1 Å². The lowest BCUT2D eigenvalue weighted by Crippen LogP contribution is -2.36. The highest BCUT2D eigenvalue weighted by molar-refractivity contribution is 5.87. The van der Waals surface area contributed by atoms with E-state index in [0.717, 1.165) is 22.9 Å². The van der Waals surface area contributed by atoms with Gasteiger partial charge in [0.05, 0.1) is 12.1 Å². The van der Waals surface area contributed by atoms with Crippen LogP contribution in [0.5, 0.6) is 0 Å². The molecule has 1 N–H and O–H groups in total. The Kier molecular flexibility index (Phi) is 3.81. The normalized spacial score (nSPS) is 15.9. The minimum Gasteiger partial charge on any atom is -0.347 e. The second kappa shape index (κ2) is 5.91. The third kappa shape index (κ3) is 3.02. The lowest BCUT2D eigenvalue weighted by molar-refractivity contribution is -0.130. The molecule has 0 spiro atoms. The summed E-state index contributed by atoms with van der Waals surface area (Å²) in [6, 6.07) is 10.0. The molecule has 1 aliphatic rings. The van der Waals surface area contributed by atoms with Crippen molar-refractivity contribution in [3.05, 3.63) is 42.1 Å². The molecule has 1 fully saturated rings. The van der Waals surface area contributed by atoms with Gasteiger partial charge in [0.25, 0.3) is 0 Å². The SMILES string of the molecule is O=C1CCN(CCc2cccc3cccnc23)C(=O)CN1. The Morgan fingerprint density at radius 3 is 2.95 bits per heavy atom. The lowest BCUT2D eigenvalue weighted by Gasteiger charge is -2.19. The van der Waals surface area contributed by atoms with E-state index in [4.69, 9.17) is 0 Å². The first-order chi connectivity index (χ1) is 10.2. The maximum atomic E-state index is 11.9. The van der Waals surface area contributed by atoms with Crippen LogP contribution in [0.3, 0.4) is 0 Å². The summed E-state index contributed by atoms with van der Waals surface area (Å²) >= 11 is 0. The lowest BCUT2D eigenvalue weighted by atomic mass is 10.1. The number of para-hydroxylation sites is 1. The molecule has 0 bridgehead atoms. The van der Waals surface area contributed by atoms with Gasteiger partial charge in [-0.2, -0.15) is 0 Å². The Morgan fingerprint density at radius 1 is 1.19 bits per heavy atom. The minimum atomic E-state index is -0.0577. The Balaban J connectivity index is 1.74. The predicted octanol–water partition coefficient (Wildman–Crippen LogP) is 1.13. The molecule has 108 valence electrons. The zero-order valence-corrected chi connectivity index (χ0v) is 11.7. The van der Waals surface area contributed by atoms with Crippen LogP contribution in [0.25, 0.3) is 10.9 Å². The van der Waals surface area contributed by atoms with Crippen LogP contribution in [0.15, 0.2) is 36.5 Å². The molecular formula is C16H17N3O2. The summed E-state index contributed by atoms with van der Waals surface area (Å²) in [5, 5.41) is 3.72. The van der Waals surface area contributed by atoms with Crippen molar-refractivity contribution in [3.8, 4) is 0 Å². The molecule has 0 aliphatic carbocycles. The van der Waals surface area contributed by atoms with Crippen molar-refractivity contribution in [1.29, 1.82) is 0 Å². The zero-order valence-electron chi connectivity index (χ0n) is 11.7. The second-order valence-electron chi connectivity index (χ2n) is 5.15. The number of hydrogen-bond acceptors (Lipinski definition) is 3. The summed E-state index contributed by atoms with van der Waals surface area (Å²) in [5.74, 6) is -0.0771. The maximum Gasteiger partial charge on any atom is 0.241 e. The summed E-state index contributed by atoms with van der Waals surface area (Å²) < 4.78 is 0. The smallest absolute Gasteiger partial charge is 0.241 e. The molecule has 5 heteroatoms. The highest BCUT2D eigenvalue weighted by Gasteiger charge is 2.19. The van der Waals surface area contributed by atoms with E-state index in [0.29, 0.717) is 19.5 Å². The van der Waals surface area contributed by atoms with Gasteiger partial charge in [-0.1, -0.05) is 24.3 Å². The number of rotatable bonds is 3. The van der Waals surface area contributed by atoms with Crippen LogP contribution in [0.4, 0.5) is 0 Å². The molecule has 2 heterocycles. The van der Waals surface area contributed by atoms with Crippen molar-refractivity contribution in [2.24, 2.45) is 0 Å². The summed E-state index contributed by atoms with van der Waals surface area (Å²) in [5.41, 5.74) is 2.11. The fourth-order valence-electron chi connectivity index (χ4n) is 2.60. The molecule has 3 rings (SSSR count). The number of nitrogens with one attached hydrogen (secondary N) is 1. The fourth-order valence-corrected chi connectivity index (χ4v) is 2.60. The Morgan fingerprint density at radius 2 is 2.05 bits per heavy atom. The van der Waals surface area contributed by atoms with E-state index in [1.54, 1.807) is 11.1 Å². The van der Waals surface area contributed by atoms with Crippen LogP contribution in [0, 0.1) is 0 Å². The Bertz CT molecular complexity index is 679. The molecule has 0 unspecified atom stereocenters.